The maximum atomic E-state index is 9.02. The van der Waals surface area contributed by atoms with Crippen LogP contribution in [0.5, 0.6) is 5.75 Å². The quantitative estimate of drug-likeness (QED) is 0.907. The Morgan fingerprint density at radius 1 is 1.37 bits per heavy atom. The van der Waals surface area contributed by atoms with Crippen molar-refractivity contribution >= 4 is 11.3 Å². The Bertz CT molecular complexity index is 549. The number of ether oxygens (including phenoxy) is 1. The number of benzene rings is 1. The molecule has 2 rings (SSSR count). The summed E-state index contributed by atoms with van der Waals surface area (Å²) >= 11 is 1.48. The number of nitrogens with zero attached hydrogens (tertiary/aromatic N) is 1. The van der Waals surface area contributed by atoms with Gasteiger partial charge in [-0.05, 0) is 30.0 Å². The van der Waals surface area contributed by atoms with Crippen LogP contribution in [0.25, 0.3) is 0 Å². The molecule has 0 atom stereocenters. The molecular formula is C15H19NO2S. The highest BCUT2D eigenvalue weighted by Gasteiger charge is 2.09. The molecule has 0 fully saturated rings. The van der Waals surface area contributed by atoms with Crippen LogP contribution in [0, 0.1) is 6.92 Å². The van der Waals surface area contributed by atoms with Crippen molar-refractivity contribution in [1.29, 1.82) is 0 Å². The summed E-state index contributed by atoms with van der Waals surface area (Å²) in [4.78, 5) is 5.10. The molecule has 1 aromatic carbocycles. The van der Waals surface area contributed by atoms with Crippen LogP contribution < -0.4 is 4.74 Å². The van der Waals surface area contributed by atoms with Gasteiger partial charge in [0.05, 0.1) is 11.5 Å². The summed E-state index contributed by atoms with van der Waals surface area (Å²) in [6.07, 6.45) is 1.70. The van der Waals surface area contributed by atoms with Crippen molar-refractivity contribution < 1.29 is 9.84 Å². The summed E-state index contributed by atoms with van der Waals surface area (Å²) in [5.74, 6) is 1.36. The third kappa shape index (κ3) is 3.55. The highest BCUT2D eigenvalue weighted by atomic mass is 32.1. The minimum absolute atomic E-state index is 0.0410. The van der Waals surface area contributed by atoms with Crippen LogP contribution in [-0.4, -0.2) is 10.1 Å². The van der Waals surface area contributed by atoms with Crippen LogP contribution in [0.1, 0.15) is 40.8 Å². The van der Waals surface area contributed by atoms with E-state index in [0.717, 1.165) is 15.6 Å². The van der Waals surface area contributed by atoms with E-state index in [0.29, 0.717) is 12.5 Å². The van der Waals surface area contributed by atoms with Gasteiger partial charge in [0, 0.05) is 6.20 Å². The van der Waals surface area contributed by atoms with Crippen LogP contribution in [-0.2, 0) is 13.2 Å². The number of thiazole rings is 1. The lowest BCUT2D eigenvalue weighted by atomic mass is 10.0. The first-order chi connectivity index (χ1) is 9.10. The van der Waals surface area contributed by atoms with E-state index >= 15 is 0 Å². The Balaban J connectivity index is 2.12. The second-order valence-electron chi connectivity index (χ2n) is 4.86. The van der Waals surface area contributed by atoms with Gasteiger partial charge in [0.1, 0.15) is 17.4 Å². The summed E-state index contributed by atoms with van der Waals surface area (Å²) in [6, 6.07) is 6.29. The van der Waals surface area contributed by atoms with Crippen LogP contribution in [0.3, 0.4) is 0 Å². The van der Waals surface area contributed by atoms with Gasteiger partial charge >= 0.3 is 0 Å². The van der Waals surface area contributed by atoms with Gasteiger partial charge in [-0.25, -0.2) is 4.98 Å². The van der Waals surface area contributed by atoms with Crippen molar-refractivity contribution in [3.05, 3.63) is 45.4 Å². The van der Waals surface area contributed by atoms with Crippen LogP contribution in [0.4, 0.5) is 0 Å². The van der Waals surface area contributed by atoms with Gasteiger partial charge in [0.25, 0.3) is 0 Å². The monoisotopic (exact) mass is 277 g/mol. The van der Waals surface area contributed by atoms with Gasteiger partial charge in [-0.2, -0.15) is 0 Å². The highest BCUT2D eigenvalue weighted by molar-refractivity contribution is 7.11. The molecule has 0 amide bonds. The maximum Gasteiger partial charge on any atom is 0.140 e. The molecular weight excluding hydrogens is 258 g/mol. The zero-order valence-corrected chi connectivity index (χ0v) is 12.3. The van der Waals surface area contributed by atoms with E-state index in [1.807, 2.05) is 0 Å². The zero-order chi connectivity index (χ0) is 13.8. The molecule has 0 aliphatic carbocycles. The molecule has 1 heterocycles. The molecule has 4 heteroatoms. The van der Waals surface area contributed by atoms with Crippen LogP contribution >= 0.6 is 11.3 Å². The summed E-state index contributed by atoms with van der Waals surface area (Å²) in [7, 11) is 0. The molecule has 2 aromatic rings. The molecule has 0 saturated heterocycles. The van der Waals surface area contributed by atoms with E-state index in [2.05, 4.69) is 44.0 Å². The van der Waals surface area contributed by atoms with Gasteiger partial charge in [0.15, 0.2) is 0 Å². The number of aliphatic hydroxyl groups is 1. The first-order valence-electron chi connectivity index (χ1n) is 6.38. The molecule has 0 aliphatic rings. The Kier molecular flexibility index (Phi) is 4.56. The number of aromatic nitrogens is 1. The summed E-state index contributed by atoms with van der Waals surface area (Å²) < 4.78 is 5.89. The van der Waals surface area contributed by atoms with Gasteiger partial charge in [0.2, 0.25) is 0 Å². The third-order valence-corrected chi connectivity index (χ3v) is 3.86. The summed E-state index contributed by atoms with van der Waals surface area (Å²) in [5.41, 5.74) is 2.40. The normalized spacial score (nSPS) is 11.0. The molecule has 0 aliphatic heterocycles. The fraction of sp³-hybridized carbons (Fsp3) is 0.400. The molecule has 3 nitrogen and oxygen atoms in total. The molecule has 19 heavy (non-hydrogen) atoms. The second-order valence-corrected chi connectivity index (χ2v) is 6.06. The van der Waals surface area contributed by atoms with Crippen molar-refractivity contribution in [2.24, 2.45) is 0 Å². The maximum absolute atomic E-state index is 9.02. The number of aliphatic hydroxyl groups excluding tert-OH is 1. The smallest absolute Gasteiger partial charge is 0.140 e. The zero-order valence-electron chi connectivity index (χ0n) is 11.5. The lowest BCUT2D eigenvalue weighted by molar-refractivity contribution is 0.285. The summed E-state index contributed by atoms with van der Waals surface area (Å²) in [5, 5.41) is 9.91. The Labute approximate surface area is 117 Å². The Morgan fingerprint density at radius 3 is 2.79 bits per heavy atom. The van der Waals surface area contributed by atoms with E-state index in [1.54, 1.807) is 6.20 Å². The number of hydrogen-bond acceptors (Lipinski definition) is 4. The predicted molar refractivity (Wildman–Crippen MR) is 77.6 cm³/mol. The van der Waals surface area contributed by atoms with E-state index in [4.69, 9.17) is 9.84 Å². The van der Waals surface area contributed by atoms with Gasteiger partial charge in [-0.3, -0.25) is 0 Å². The van der Waals surface area contributed by atoms with Gasteiger partial charge in [-0.1, -0.05) is 26.0 Å². The first kappa shape index (κ1) is 14.0. The van der Waals surface area contributed by atoms with Crippen molar-refractivity contribution in [1.82, 2.24) is 4.98 Å². The molecule has 0 spiro atoms. The fourth-order valence-electron chi connectivity index (χ4n) is 1.87. The van der Waals surface area contributed by atoms with Gasteiger partial charge in [-0.15, -0.1) is 11.3 Å². The number of rotatable bonds is 5. The van der Waals surface area contributed by atoms with E-state index in [-0.39, 0.29) is 6.61 Å². The third-order valence-electron chi connectivity index (χ3n) is 2.90. The highest BCUT2D eigenvalue weighted by Crippen LogP contribution is 2.28. The molecule has 0 bridgehead atoms. The van der Waals surface area contributed by atoms with E-state index in [1.165, 1.54) is 22.5 Å². The molecule has 1 aromatic heterocycles. The SMILES string of the molecule is Cc1ccc(C(C)C)c(OCc2ncc(CO)s2)c1. The van der Waals surface area contributed by atoms with E-state index in [9.17, 15) is 0 Å². The topological polar surface area (TPSA) is 42.4 Å². The average molecular weight is 277 g/mol. The standard InChI is InChI=1S/C15H19NO2S/c1-10(2)13-5-4-11(3)6-14(13)18-9-15-16-7-12(8-17)19-15/h4-7,10,17H,8-9H2,1-3H3. The first-order valence-corrected chi connectivity index (χ1v) is 7.19. The Morgan fingerprint density at radius 2 is 2.16 bits per heavy atom. The molecule has 0 saturated carbocycles. The molecule has 0 radical (unpaired) electrons. The minimum Gasteiger partial charge on any atom is -0.486 e. The fourth-order valence-corrected chi connectivity index (χ4v) is 2.57. The number of hydrogen-bond donors (Lipinski definition) is 1. The Hall–Kier alpha value is -1.39. The molecule has 1 N–H and O–H groups in total. The van der Waals surface area contributed by atoms with Crippen molar-refractivity contribution in [3.8, 4) is 5.75 Å². The largest absolute Gasteiger partial charge is 0.486 e. The van der Waals surface area contributed by atoms with Crippen molar-refractivity contribution in [2.45, 2.75) is 39.9 Å². The lowest BCUT2D eigenvalue weighted by Crippen LogP contribution is -2.00. The van der Waals surface area contributed by atoms with Crippen LogP contribution in [0.15, 0.2) is 24.4 Å². The molecule has 102 valence electrons. The van der Waals surface area contributed by atoms with E-state index < -0.39 is 0 Å². The van der Waals surface area contributed by atoms with Crippen molar-refractivity contribution in [2.75, 3.05) is 0 Å². The average Bonchev–Trinajstić information content (AvgIpc) is 2.84. The van der Waals surface area contributed by atoms with Crippen LogP contribution in [0.2, 0.25) is 0 Å². The van der Waals surface area contributed by atoms with Gasteiger partial charge < -0.3 is 9.84 Å². The minimum atomic E-state index is 0.0410. The number of aryl methyl sites for hydroxylation is 1. The summed E-state index contributed by atoms with van der Waals surface area (Å²) in [6.45, 7) is 6.87. The van der Waals surface area contributed by atoms with Crippen molar-refractivity contribution in [3.63, 3.8) is 0 Å². The lowest BCUT2D eigenvalue weighted by Gasteiger charge is -2.14. The predicted octanol–water partition coefficient (Wildman–Crippen LogP) is 3.65. The second kappa shape index (κ2) is 6.17. The molecule has 0 unspecified atom stereocenters.